The zero-order valence-corrected chi connectivity index (χ0v) is 11.0. The van der Waals surface area contributed by atoms with Crippen LogP contribution in [0.1, 0.15) is 20.7 Å². The van der Waals surface area contributed by atoms with Gasteiger partial charge in [0.15, 0.2) is 11.6 Å². The maximum Gasteiger partial charge on any atom is 0.198 e. The molecule has 0 aromatic heterocycles. The van der Waals surface area contributed by atoms with Gasteiger partial charge in [-0.05, 0) is 17.7 Å². The molecule has 20 heavy (non-hydrogen) atoms. The average Bonchev–Trinajstić information content (AvgIpc) is 2.73. The van der Waals surface area contributed by atoms with E-state index in [0.717, 1.165) is 0 Å². The monoisotopic (exact) mass is 267 g/mol. The summed E-state index contributed by atoms with van der Waals surface area (Å²) < 4.78 is 5.01. The van der Waals surface area contributed by atoms with Crippen LogP contribution in [0.4, 0.5) is 0 Å². The van der Waals surface area contributed by atoms with Gasteiger partial charge in [-0.1, -0.05) is 24.3 Å². The van der Waals surface area contributed by atoms with Gasteiger partial charge in [-0.25, -0.2) is 0 Å². The highest BCUT2D eigenvalue weighted by molar-refractivity contribution is 6.40. The molecule has 3 rings (SSSR count). The molecule has 2 aliphatic rings. The molecule has 1 heterocycles. The Morgan fingerprint density at radius 3 is 2.05 bits per heavy atom. The van der Waals surface area contributed by atoms with Crippen LogP contribution < -0.4 is 0 Å². The quantitative estimate of drug-likeness (QED) is 0.609. The van der Waals surface area contributed by atoms with Crippen LogP contribution in [0.3, 0.4) is 0 Å². The van der Waals surface area contributed by atoms with Crippen molar-refractivity contribution in [1.82, 2.24) is 4.90 Å². The number of allylic oxidation sites excluding steroid dienone is 4. The van der Waals surface area contributed by atoms with E-state index in [1.54, 1.807) is 55.9 Å². The van der Waals surface area contributed by atoms with Crippen molar-refractivity contribution in [2.45, 2.75) is 0 Å². The van der Waals surface area contributed by atoms with Gasteiger partial charge in [-0.15, -0.1) is 0 Å². The molecule has 4 nitrogen and oxygen atoms in total. The van der Waals surface area contributed by atoms with Crippen molar-refractivity contribution in [2.75, 3.05) is 13.8 Å². The number of ether oxygens (including phenoxy) is 1. The molecule has 1 aliphatic carbocycles. The van der Waals surface area contributed by atoms with Crippen LogP contribution in [-0.2, 0) is 4.74 Å². The molecule has 0 amide bonds. The molecule has 4 heteroatoms. The van der Waals surface area contributed by atoms with Crippen LogP contribution in [0.25, 0.3) is 0 Å². The summed E-state index contributed by atoms with van der Waals surface area (Å²) in [6.45, 7) is 0.428. The van der Waals surface area contributed by atoms with Crippen molar-refractivity contribution in [2.24, 2.45) is 0 Å². The summed E-state index contributed by atoms with van der Waals surface area (Å²) in [7, 11) is 1.61. The Kier molecular flexibility index (Phi) is 3.08. The Labute approximate surface area is 116 Å². The molecule has 0 N–H and O–H groups in total. The first-order chi connectivity index (χ1) is 9.72. The lowest BCUT2D eigenvalue weighted by Gasteiger charge is -2.17. The van der Waals surface area contributed by atoms with Gasteiger partial charge in [-0.2, -0.15) is 0 Å². The average molecular weight is 267 g/mol. The smallest absolute Gasteiger partial charge is 0.198 e. The summed E-state index contributed by atoms with van der Waals surface area (Å²) in [4.78, 5) is 26.5. The second kappa shape index (κ2) is 4.90. The molecule has 0 radical (unpaired) electrons. The highest BCUT2D eigenvalue weighted by Gasteiger charge is 2.34. The Bertz CT molecular complexity index is 630. The SMILES string of the molecule is COCN1C=CC(=C2C(=O)c3ccccc3C2=O)C=C1. The minimum Gasteiger partial charge on any atom is -0.364 e. The van der Waals surface area contributed by atoms with Crippen LogP contribution in [0.15, 0.2) is 60.0 Å². The van der Waals surface area contributed by atoms with E-state index in [9.17, 15) is 9.59 Å². The van der Waals surface area contributed by atoms with Gasteiger partial charge in [0.2, 0.25) is 0 Å². The van der Waals surface area contributed by atoms with Gasteiger partial charge in [0.25, 0.3) is 0 Å². The maximum absolute atomic E-state index is 12.3. The third-order valence-electron chi connectivity index (χ3n) is 3.33. The van der Waals surface area contributed by atoms with Gasteiger partial charge in [0.05, 0.1) is 5.57 Å². The second-order valence-electron chi connectivity index (χ2n) is 4.60. The molecular weight excluding hydrogens is 254 g/mol. The van der Waals surface area contributed by atoms with Crippen LogP contribution in [0.5, 0.6) is 0 Å². The normalized spacial score (nSPS) is 17.1. The van der Waals surface area contributed by atoms with Crippen molar-refractivity contribution in [3.8, 4) is 0 Å². The standard InChI is InChI=1S/C16H13NO3/c1-20-10-17-8-6-11(7-9-17)14-15(18)12-4-2-3-5-13(12)16(14)19/h2-9H,10H2,1H3. The second-order valence-corrected chi connectivity index (χ2v) is 4.60. The number of nitrogens with zero attached hydrogens (tertiary/aromatic N) is 1. The van der Waals surface area contributed by atoms with E-state index in [4.69, 9.17) is 4.74 Å². The highest BCUT2D eigenvalue weighted by atomic mass is 16.5. The fourth-order valence-electron chi connectivity index (χ4n) is 2.37. The summed E-state index contributed by atoms with van der Waals surface area (Å²) in [5, 5.41) is 0. The molecule has 0 unspecified atom stereocenters. The van der Waals surface area contributed by atoms with Gasteiger partial charge in [0, 0.05) is 30.6 Å². The molecule has 0 atom stereocenters. The molecule has 0 saturated carbocycles. The zero-order valence-electron chi connectivity index (χ0n) is 11.0. The van der Waals surface area contributed by atoms with E-state index in [1.807, 2.05) is 4.90 Å². The Morgan fingerprint density at radius 1 is 1.00 bits per heavy atom. The van der Waals surface area contributed by atoms with E-state index in [-0.39, 0.29) is 17.1 Å². The first-order valence-electron chi connectivity index (χ1n) is 6.26. The molecule has 1 aliphatic heterocycles. The van der Waals surface area contributed by atoms with Crippen molar-refractivity contribution < 1.29 is 14.3 Å². The molecule has 0 saturated heterocycles. The molecule has 0 bridgehead atoms. The molecule has 1 aromatic carbocycles. The lowest BCUT2D eigenvalue weighted by molar-refractivity contribution is 0.0987. The number of rotatable bonds is 2. The number of hydrogen-bond acceptors (Lipinski definition) is 4. The number of Topliss-reactive ketones (excluding diaryl/α,β-unsaturated/α-hetero) is 2. The summed E-state index contributed by atoms with van der Waals surface area (Å²) >= 11 is 0. The third kappa shape index (κ3) is 1.90. The van der Waals surface area contributed by atoms with Crippen LogP contribution in [0.2, 0.25) is 0 Å². The number of benzene rings is 1. The van der Waals surface area contributed by atoms with Gasteiger partial charge < -0.3 is 9.64 Å². The molecule has 0 spiro atoms. The molecule has 100 valence electrons. The van der Waals surface area contributed by atoms with Gasteiger partial charge in [-0.3, -0.25) is 9.59 Å². The first kappa shape index (κ1) is 12.6. The summed E-state index contributed by atoms with van der Waals surface area (Å²) in [6, 6.07) is 6.92. The fourth-order valence-corrected chi connectivity index (χ4v) is 2.37. The number of carbonyl (C=O) groups excluding carboxylic acids is 2. The minimum absolute atomic E-state index is 0.199. The van der Waals surface area contributed by atoms with Crippen molar-refractivity contribution in [3.63, 3.8) is 0 Å². The lowest BCUT2D eigenvalue weighted by atomic mass is 10.0. The number of carbonyl (C=O) groups is 2. The van der Waals surface area contributed by atoms with Crippen LogP contribution >= 0.6 is 0 Å². The van der Waals surface area contributed by atoms with E-state index in [1.165, 1.54) is 0 Å². The predicted molar refractivity (Wildman–Crippen MR) is 74.1 cm³/mol. The topological polar surface area (TPSA) is 46.6 Å². The largest absolute Gasteiger partial charge is 0.364 e. The summed E-state index contributed by atoms with van der Waals surface area (Å²) in [5.41, 5.74) is 1.86. The number of hydrogen-bond donors (Lipinski definition) is 0. The van der Waals surface area contributed by atoms with E-state index in [0.29, 0.717) is 23.4 Å². The van der Waals surface area contributed by atoms with E-state index in [2.05, 4.69) is 0 Å². The number of methoxy groups -OCH3 is 1. The minimum atomic E-state index is -0.199. The predicted octanol–water partition coefficient (Wildman–Crippen LogP) is 2.31. The Balaban J connectivity index is 2.00. The Morgan fingerprint density at radius 2 is 1.55 bits per heavy atom. The first-order valence-corrected chi connectivity index (χ1v) is 6.26. The van der Waals surface area contributed by atoms with Crippen molar-refractivity contribution in [3.05, 3.63) is 71.1 Å². The summed E-state index contributed by atoms with van der Waals surface area (Å²) in [6.07, 6.45) is 7.09. The lowest BCUT2D eigenvalue weighted by Crippen LogP contribution is -2.15. The summed E-state index contributed by atoms with van der Waals surface area (Å²) in [5.74, 6) is -0.398. The fraction of sp³-hybridized carbons (Fsp3) is 0.125. The number of fused-ring (bicyclic) bond motifs is 1. The number of ketones is 2. The van der Waals surface area contributed by atoms with E-state index >= 15 is 0 Å². The van der Waals surface area contributed by atoms with Crippen molar-refractivity contribution >= 4 is 11.6 Å². The molecule has 1 aromatic rings. The van der Waals surface area contributed by atoms with Crippen molar-refractivity contribution in [1.29, 1.82) is 0 Å². The highest BCUT2D eigenvalue weighted by Crippen LogP contribution is 2.30. The molecular formula is C16H13NO3. The Hall–Kier alpha value is -2.46. The van der Waals surface area contributed by atoms with Crippen LogP contribution in [0, 0.1) is 0 Å². The molecule has 0 fully saturated rings. The van der Waals surface area contributed by atoms with Gasteiger partial charge in [0.1, 0.15) is 6.73 Å². The third-order valence-corrected chi connectivity index (χ3v) is 3.33. The maximum atomic E-state index is 12.3. The van der Waals surface area contributed by atoms with E-state index < -0.39 is 0 Å². The zero-order chi connectivity index (χ0) is 14.1. The van der Waals surface area contributed by atoms with Crippen LogP contribution in [-0.4, -0.2) is 30.3 Å². The van der Waals surface area contributed by atoms with Gasteiger partial charge >= 0.3 is 0 Å².